The highest BCUT2D eigenvalue weighted by atomic mass is 35.5. The molecule has 8 heteroatoms. The number of anilines is 3. The summed E-state index contributed by atoms with van der Waals surface area (Å²) in [5.74, 6) is 2.41. The maximum Gasteiger partial charge on any atom is 0.233 e. The Morgan fingerprint density at radius 1 is 0.938 bits per heavy atom. The molecule has 4 rings (SSSR count). The van der Waals surface area contributed by atoms with Crippen molar-refractivity contribution in [3.8, 4) is 11.5 Å². The molecule has 1 N–H and O–H groups in total. The summed E-state index contributed by atoms with van der Waals surface area (Å²) in [6.45, 7) is 7.99. The van der Waals surface area contributed by atoms with Gasteiger partial charge in [-0.2, -0.15) is 15.0 Å². The van der Waals surface area contributed by atoms with Crippen LogP contribution in [-0.2, 0) is 18.4 Å². The zero-order chi connectivity index (χ0) is 22.9. The number of halogens is 1. The van der Waals surface area contributed by atoms with Gasteiger partial charge in [-0.05, 0) is 64.4 Å². The maximum absolute atomic E-state index is 6.24. The van der Waals surface area contributed by atoms with Crippen LogP contribution in [-0.4, -0.2) is 35.7 Å². The molecule has 32 heavy (non-hydrogen) atoms. The Morgan fingerprint density at radius 3 is 2.22 bits per heavy atom. The first-order chi connectivity index (χ1) is 15.3. The average molecular weight is 454 g/mol. The van der Waals surface area contributed by atoms with Gasteiger partial charge >= 0.3 is 0 Å². The maximum atomic E-state index is 6.24. The van der Waals surface area contributed by atoms with Crippen LogP contribution >= 0.6 is 11.6 Å². The molecule has 0 unspecified atom stereocenters. The first kappa shape index (κ1) is 22.1. The molecule has 1 aliphatic heterocycles. The monoisotopic (exact) mass is 453 g/mol. The molecular formula is C24H28ClN5O2. The zero-order valence-corrected chi connectivity index (χ0v) is 19.8. The molecule has 0 spiro atoms. The van der Waals surface area contributed by atoms with Gasteiger partial charge in [0, 0.05) is 18.8 Å². The van der Waals surface area contributed by atoms with E-state index >= 15 is 0 Å². The van der Waals surface area contributed by atoms with E-state index in [-0.39, 0.29) is 10.7 Å². The zero-order valence-electron chi connectivity index (χ0n) is 19.1. The lowest BCUT2D eigenvalue weighted by Crippen LogP contribution is -2.32. The number of methoxy groups -OCH3 is 2. The molecule has 0 radical (unpaired) electrons. The van der Waals surface area contributed by atoms with Gasteiger partial charge in [-0.15, -0.1) is 0 Å². The summed E-state index contributed by atoms with van der Waals surface area (Å²) < 4.78 is 10.9. The van der Waals surface area contributed by atoms with Crippen LogP contribution in [0.3, 0.4) is 0 Å². The number of ether oxygens (including phenoxy) is 2. The van der Waals surface area contributed by atoms with E-state index in [0.29, 0.717) is 24.2 Å². The summed E-state index contributed by atoms with van der Waals surface area (Å²) in [6.07, 6.45) is 0.843. The number of hydrogen-bond acceptors (Lipinski definition) is 7. The van der Waals surface area contributed by atoms with E-state index in [1.165, 1.54) is 11.1 Å². The average Bonchev–Trinajstić information content (AvgIpc) is 2.77. The summed E-state index contributed by atoms with van der Waals surface area (Å²) in [6, 6.07) is 12.3. The number of rotatable bonds is 5. The van der Waals surface area contributed by atoms with E-state index in [4.69, 9.17) is 21.1 Å². The molecule has 3 aromatic rings. The van der Waals surface area contributed by atoms with Crippen LogP contribution in [0.15, 0.2) is 36.4 Å². The number of benzene rings is 2. The molecule has 0 saturated carbocycles. The first-order valence-corrected chi connectivity index (χ1v) is 10.9. The number of nitrogens with one attached hydrogen (secondary N) is 1. The highest BCUT2D eigenvalue weighted by Crippen LogP contribution is 2.34. The topological polar surface area (TPSA) is 72.4 Å². The highest BCUT2D eigenvalue weighted by Gasteiger charge is 2.22. The van der Waals surface area contributed by atoms with E-state index in [0.717, 1.165) is 30.0 Å². The molecule has 0 atom stereocenters. The summed E-state index contributed by atoms with van der Waals surface area (Å²) in [4.78, 5) is 15.3. The van der Waals surface area contributed by atoms with Crippen molar-refractivity contribution in [2.75, 3.05) is 31.0 Å². The number of fused-ring (bicyclic) bond motifs is 1. The van der Waals surface area contributed by atoms with Crippen LogP contribution in [0.2, 0.25) is 5.28 Å². The van der Waals surface area contributed by atoms with Gasteiger partial charge in [0.05, 0.1) is 14.2 Å². The fourth-order valence-corrected chi connectivity index (χ4v) is 3.93. The Labute approximate surface area is 193 Å². The molecule has 2 heterocycles. The molecule has 1 aliphatic rings. The minimum Gasteiger partial charge on any atom is -0.493 e. The molecule has 7 nitrogen and oxygen atoms in total. The van der Waals surface area contributed by atoms with Crippen molar-refractivity contribution in [2.45, 2.75) is 39.2 Å². The Morgan fingerprint density at radius 2 is 1.59 bits per heavy atom. The fraction of sp³-hybridized carbons (Fsp3) is 0.375. The third-order valence-electron chi connectivity index (χ3n) is 5.60. The first-order valence-electron chi connectivity index (χ1n) is 10.5. The number of hydrogen-bond donors (Lipinski definition) is 1. The van der Waals surface area contributed by atoms with Crippen LogP contribution in [0.1, 0.15) is 37.5 Å². The molecule has 0 fully saturated rings. The summed E-state index contributed by atoms with van der Waals surface area (Å²) >= 11 is 6.24. The van der Waals surface area contributed by atoms with Crippen LogP contribution in [0.5, 0.6) is 11.5 Å². The SMILES string of the molecule is COc1cc2c(cc1OC)CN(c1nc(Cl)nc(Nc3ccc(C(C)(C)C)cc3)n1)CC2. The van der Waals surface area contributed by atoms with E-state index < -0.39 is 0 Å². The van der Waals surface area contributed by atoms with Gasteiger partial charge < -0.3 is 19.7 Å². The fourth-order valence-electron chi connectivity index (χ4n) is 3.77. The predicted octanol–water partition coefficient (Wildman–Crippen LogP) is 5.15. The van der Waals surface area contributed by atoms with E-state index in [1.807, 2.05) is 24.3 Å². The van der Waals surface area contributed by atoms with Gasteiger partial charge in [0.15, 0.2) is 11.5 Å². The molecule has 2 aromatic carbocycles. The van der Waals surface area contributed by atoms with Gasteiger partial charge in [0.25, 0.3) is 0 Å². The molecule has 0 saturated heterocycles. The lowest BCUT2D eigenvalue weighted by Gasteiger charge is -2.29. The van der Waals surface area contributed by atoms with Gasteiger partial charge in [-0.3, -0.25) is 0 Å². The Kier molecular flexibility index (Phi) is 6.11. The second kappa shape index (κ2) is 8.82. The highest BCUT2D eigenvalue weighted by molar-refractivity contribution is 6.28. The third kappa shape index (κ3) is 4.72. The Hall–Kier alpha value is -3.06. The Balaban J connectivity index is 1.56. The largest absolute Gasteiger partial charge is 0.493 e. The van der Waals surface area contributed by atoms with Crippen LogP contribution < -0.4 is 19.7 Å². The summed E-state index contributed by atoms with van der Waals surface area (Å²) in [5, 5.41) is 3.40. The van der Waals surface area contributed by atoms with Crippen LogP contribution in [0.25, 0.3) is 0 Å². The van der Waals surface area contributed by atoms with Gasteiger partial charge in [-0.1, -0.05) is 32.9 Å². The quantitative estimate of drug-likeness (QED) is 0.572. The molecule has 0 aliphatic carbocycles. The summed E-state index contributed by atoms with van der Waals surface area (Å²) in [7, 11) is 3.29. The Bertz CT molecular complexity index is 1110. The van der Waals surface area contributed by atoms with Crippen molar-refractivity contribution in [3.05, 3.63) is 58.4 Å². The molecule has 1 aromatic heterocycles. The second-order valence-corrected chi connectivity index (χ2v) is 9.17. The number of aromatic nitrogens is 3. The minimum atomic E-state index is 0.0967. The van der Waals surface area contributed by atoms with Gasteiger partial charge in [-0.25, -0.2) is 0 Å². The van der Waals surface area contributed by atoms with Crippen molar-refractivity contribution in [3.63, 3.8) is 0 Å². The summed E-state index contributed by atoms with van der Waals surface area (Å²) in [5.41, 5.74) is 4.64. The second-order valence-electron chi connectivity index (χ2n) is 8.83. The lowest BCUT2D eigenvalue weighted by atomic mass is 9.87. The van der Waals surface area contributed by atoms with E-state index in [2.05, 4.69) is 58.1 Å². The van der Waals surface area contributed by atoms with E-state index in [1.54, 1.807) is 14.2 Å². The van der Waals surface area contributed by atoms with Crippen molar-refractivity contribution < 1.29 is 9.47 Å². The van der Waals surface area contributed by atoms with E-state index in [9.17, 15) is 0 Å². The molecule has 0 bridgehead atoms. The lowest BCUT2D eigenvalue weighted by molar-refractivity contribution is 0.353. The van der Waals surface area contributed by atoms with Crippen molar-refractivity contribution in [2.24, 2.45) is 0 Å². The molecule has 0 amide bonds. The molecular weight excluding hydrogens is 426 g/mol. The predicted molar refractivity (Wildman–Crippen MR) is 128 cm³/mol. The van der Waals surface area contributed by atoms with Crippen LogP contribution in [0, 0.1) is 0 Å². The van der Waals surface area contributed by atoms with Crippen molar-refractivity contribution in [1.82, 2.24) is 15.0 Å². The third-order valence-corrected chi connectivity index (χ3v) is 5.77. The minimum absolute atomic E-state index is 0.0967. The van der Waals surface area contributed by atoms with Crippen molar-refractivity contribution >= 4 is 29.2 Å². The molecule has 168 valence electrons. The standard InChI is InChI=1S/C24H28ClN5O2/c1-24(2,3)17-6-8-18(9-7-17)26-22-27-21(25)28-23(29-22)30-11-10-15-12-19(31-4)20(32-5)13-16(15)14-30/h6-9,12-13H,10-11,14H2,1-5H3,(H,26,27,28,29). The normalized spacial score (nSPS) is 13.5. The van der Waals surface area contributed by atoms with Crippen LogP contribution in [0.4, 0.5) is 17.6 Å². The van der Waals surface area contributed by atoms with Gasteiger partial charge in [0.1, 0.15) is 0 Å². The smallest absolute Gasteiger partial charge is 0.233 e. The van der Waals surface area contributed by atoms with Gasteiger partial charge in [0.2, 0.25) is 17.2 Å². The number of nitrogens with zero attached hydrogens (tertiary/aromatic N) is 4. The van der Waals surface area contributed by atoms with Crippen molar-refractivity contribution in [1.29, 1.82) is 0 Å².